The van der Waals surface area contributed by atoms with Crippen LogP contribution in [0, 0.1) is 0 Å². The minimum absolute atomic E-state index is 0.137. The van der Waals surface area contributed by atoms with E-state index in [4.69, 9.17) is 4.74 Å². The van der Waals surface area contributed by atoms with E-state index in [-0.39, 0.29) is 5.91 Å². The molecule has 24 heavy (non-hydrogen) atoms. The molecule has 5 heteroatoms. The lowest BCUT2D eigenvalue weighted by atomic mass is 9.90. The predicted octanol–water partition coefficient (Wildman–Crippen LogP) is 2.02. The van der Waals surface area contributed by atoms with E-state index in [9.17, 15) is 4.79 Å². The number of anilines is 1. The minimum atomic E-state index is 0.137. The Kier molecular flexibility index (Phi) is 4.72. The standard InChI is InChI=1S/C19H27N3O2/c23-19-14-20-10-13-22(19)16-4-6-17(7-5-16)24-18-8-11-21(12-9-18)15-2-1-3-15/h4-7,15,18,20H,1-3,8-14H2. The molecule has 130 valence electrons. The van der Waals surface area contributed by atoms with E-state index >= 15 is 0 Å². The van der Waals surface area contributed by atoms with E-state index in [1.807, 2.05) is 29.2 Å². The van der Waals surface area contributed by atoms with Crippen LogP contribution in [0.25, 0.3) is 0 Å². The zero-order valence-electron chi connectivity index (χ0n) is 14.2. The molecule has 2 heterocycles. The topological polar surface area (TPSA) is 44.8 Å². The molecule has 0 aromatic heterocycles. The summed E-state index contributed by atoms with van der Waals surface area (Å²) in [7, 11) is 0. The Balaban J connectivity index is 1.30. The normalized spacial score (nSPS) is 24.0. The van der Waals surface area contributed by atoms with Gasteiger partial charge in [0, 0.05) is 37.9 Å². The van der Waals surface area contributed by atoms with E-state index in [1.54, 1.807) is 0 Å². The molecular formula is C19H27N3O2. The molecule has 1 aromatic rings. The Labute approximate surface area is 144 Å². The van der Waals surface area contributed by atoms with Gasteiger partial charge in [0.15, 0.2) is 0 Å². The summed E-state index contributed by atoms with van der Waals surface area (Å²) in [4.78, 5) is 16.4. The van der Waals surface area contributed by atoms with E-state index in [0.29, 0.717) is 12.6 Å². The summed E-state index contributed by atoms with van der Waals surface area (Å²) in [6.45, 7) is 4.35. The molecule has 2 saturated heterocycles. The van der Waals surface area contributed by atoms with Crippen molar-refractivity contribution < 1.29 is 9.53 Å². The minimum Gasteiger partial charge on any atom is -0.490 e. The number of piperidine rings is 1. The maximum Gasteiger partial charge on any atom is 0.240 e. The van der Waals surface area contributed by atoms with Gasteiger partial charge in [0.2, 0.25) is 5.91 Å². The van der Waals surface area contributed by atoms with E-state index < -0.39 is 0 Å². The molecule has 3 aliphatic rings. The van der Waals surface area contributed by atoms with Gasteiger partial charge in [-0.3, -0.25) is 4.79 Å². The molecule has 1 aromatic carbocycles. The van der Waals surface area contributed by atoms with Gasteiger partial charge >= 0.3 is 0 Å². The number of nitrogens with zero attached hydrogens (tertiary/aromatic N) is 2. The number of ether oxygens (including phenoxy) is 1. The molecule has 1 saturated carbocycles. The Morgan fingerprint density at radius 1 is 1.00 bits per heavy atom. The third-order valence-corrected chi connectivity index (χ3v) is 5.61. The summed E-state index contributed by atoms with van der Waals surface area (Å²) in [5, 5.41) is 3.10. The fraction of sp³-hybridized carbons (Fsp3) is 0.632. The largest absolute Gasteiger partial charge is 0.490 e. The Bertz CT molecular complexity index is 562. The number of carbonyl (C=O) groups is 1. The maximum absolute atomic E-state index is 11.9. The average molecular weight is 329 g/mol. The Morgan fingerprint density at radius 2 is 1.75 bits per heavy atom. The first-order chi connectivity index (χ1) is 11.8. The molecule has 0 bridgehead atoms. The highest BCUT2D eigenvalue weighted by Crippen LogP contribution is 2.29. The van der Waals surface area contributed by atoms with Crippen LogP contribution in [-0.4, -0.2) is 55.7 Å². The number of hydrogen-bond acceptors (Lipinski definition) is 4. The van der Waals surface area contributed by atoms with Crippen molar-refractivity contribution in [2.24, 2.45) is 0 Å². The molecule has 0 spiro atoms. The lowest BCUT2D eigenvalue weighted by molar-refractivity contribution is -0.118. The number of likely N-dealkylation sites (tertiary alicyclic amines) is 1. The van der Waals surface area contributed by atoms with Crippen LogP contribution in [0.5, 0.6) is 5.75 Å². The highest BCUT2D eigenvalue weighted by Gasteiger charge is 2.29. The maximum atomic E-state index is 11.9. The summed E-state index contributed by atoms with van der Waals surface area (Å²) < 4.78 is 6.16. The monoisotopic (exact) mass is 329 g/mol. The molecule has 0 atom stereocenters. The number of amides is 1. The number of carbonyl (C=O) groups excluding carboxylic acids is 1. The molecule has 0 radical (unpaired) electrons. The van der Waals surface area contributed by atoms with Gasteiger partial charge in [-0.2, -0.15) is 0 Å². The fourth-order valence-electron chi connectivity index (χ4n) is 3.89. The molecule has 3 fully saturated rings. The van der Waals surface area contributed by atoms with Crippen LogP contribution in [0.3, 0.4) is 0 Å². The predicted molar refractivity (Wildman–Crippen MR) is 94.5 cm³/mol. The zero-order valence-corrected chi connectivity index (χ0v) is 14.2. The van der Waals surface area contributed by atoms with Crippen LogP contribution in [0.15, 0.2) is 24.3 Å². The molecule has 1 aliphatic carbocycles. The molecule has 5 nitrogen and oxygen atoms in total. The summed E-state index contributed by atoms with van der Waals surface area (Å²) in [6.07, 6.45) is 6.75. The lowest BCUT2D eigenvalue weighted by Gasteiger charge is -2.41. The highest BCUT2D eigenvalue weighted by molar-refractivity contribution is 5.95. The van der Waals surface area contributed by atoms with Crippen LogP contribution in [-0.2, 0) is 4.79 Å². The fourth-order valence-corrected chi connectivity index (χ4v) is 3.89. The summed E-state index contributed by atoms with van der Waals surface area (Å²) in [5.74, 6) is 1.06. The third-order valence-electron chi connectivity index (χ3n) is 5.61. The second kappa shape index (κ2) is 7.11. The van der Waals surface area contributed by atoms with Gasteiger partial charge < -0.3 is 19.9 Å². The van der Waals surface area contributed by atoms with Crippen LogP contribution in [0.2, 0.25) is 0 Å². The number of rotatable bonds is 4. The first kappa shape index (κ1) is 15.9. The first-order valence-electron chi connectivity index (χ1n) is 9.31. The molecule has 1 N–H and O–H groups in total. The van der Waals surface area contributed by atoms with E-state index in [0.717, 1.165) is 43.4 Å². The van der Waals surface area contributed by atoms with Crippen LogP contribution in [0.4, 0.5) is 5.69 Å². The van der Waals surface area contributed by atoms with Gasteiger partial charge in [-0.15, -0.1) is 0 Å². The first-order valence-corrected chi connectivity index (χ1v) is 9.31. The number of benzene rings is 1. The van der Waals surface area contributed by atoms with Gasteiger partial charge in [0.1, 0.15) is 11.9 Å². The summed E-state index contributed by atoms with van der Waals surface area (Å²) in [5.41, 5.74) is 0.966. The quantitative estimate of drug-likeness (QED) is 0.918. The van der Waals surface area contributed by atoms with Crippen LogP contribution < -0.4 is 15.0 Å². The summed E-state index contributed by atoms with van der Waals surface area (Å²) in [6, 6.07) is 8.86. The van der Waals surface area contributed by atoms with Gasteiger partial charge in [0.25, 0.3) is 0 Å². The number of hydrogen-bond donors (Lipinski definition) is 1. The third kappa shape index (κ3) is 3.42. The second-order valence-corrected chi connectivity index (χ2v) is 7.15. The molecule has 4 rings (SSSR count). The smallest absolute Gasteiger partial charge is 0.240 e. The lowest BCUT2D eigenvalue weighted by Crippen LogP contribution is -2.48. The van der Waals surface area contributed by atoms with Crippen molar-refractivity contribution in [1.29, 1.82) is 0 Å². The molecule has 2 aliphatic heterocycles. The van der Waals surface area contributed by atoms with Gasteiger partial charge in [-0.1, -0.05) is 6.42 Å². The van der Waals surface area contributed by atoms with Gasteiger partial charge in [-0.05, 0) is 49.9 Å². The Hall–Kier alpha value is -1.59. The number of piperazine rings is 1. The van der Waals surface area contributed by atoms with E-state index in [2.05, 4.69) is 10.2 Å². The molecule has 1 amide bonds. The Morgan fingerprint density at radius 3 is 2.38 bits per heavy atom. The zero-order chi connectivity index (χ0) is 16.4. The van der Waals surface area contributed by atoms with Crippen LogP contribution in [0.1, 0.15) is 32.1 Å². The van der Waals surface area contributed by atoms with Crippen LogP contribution >= 0.6 is 0 Å². The number of nitrogens with one attached hydrogen (secondary N) is 1. The summed E-state index contributed by atoms with van der Waals surface area (Å²) >= 11 is 0. The van der Waals surface area contributed by atoms with Crippen molar-refractivity contribution in [3.63, 3.8) is 0 Å². The molecular weight excluding hydrogens is 302 g/mol. The average Bonchev–Trinajstić information content (AvgIpc) is 2.56. The van der Waals surface area contributed by atoms with Crippen molar-refractivity contribution in [3.05, 3.63) is 24.3 Å². The molecule has 0 unspecified atom stereocenters. The highest BCUT2D eigenvalue weighted by atomic mass is 16.5. The van der Waals surface area contributed by atoms with Gasteiger partial charge in [0.05, 0.1) is 6.54 Å². The van der Waals surface area contributed by atoms with Crippen molar-refractivity contribution >= 4 is 11.6 Å². The van der Waals surface area contributed by atoms with Gasteiger partial charge in [-0.25, -0.2) is 0 Å². The van der Waals surface area contributed by atoms with Crippen molar-refractivity contribution in [3.8, 4) is 5.75 Å². The van der Waals surface area contributed by atoms with Crippen molar-refractivity contribution in [2.75, 3.05) is 37.6 Å². The van der Waals surface area contributed by atoms with E-state index in [1.165, 1.54) is 32.4 Å². The van der Waals surface area contributed by atoms with Crippen molar-refractivity contribution in [1.82, 2.24) is 10.2 Å². The SMILES string of the molecule is O=C1CNCCN1c1ccc(OC2CCN(C3CCC3)CC2)cc1. The second-order valence-electron chi connectivity index (χ2n) is 7.15. The van der Waals surface area contributed by atoms with Crippen molar-refractivity contribution in [2.45, 2.75) is 44.2 Å².